The lowest BCUT2D eigenvalue weighted by molar-refractivity contribution is 0.216. The molecule has 5 heteroatoms. The van der Waals surface area contributed by atoms with Crippen molar-refractivity contribution in [2.45, 2.75) is 37.6 Å². The number of H-pyrrole nitrogens is 1. The van der Waals surface area contributed by atoms with Gasteiger partial charge in [-0.1, -0.05) is 6.07 Å². The molecule has 0 spiro atoms. The number of oxazole rings is 1. The summed E-state index contributed by atoms with van der Waals surface area (Å²) in [6, 6.07) is 5.80. The number of nitrogens with one attached hydrogen (secondary N) is 2. The molecule has 18 heavy (non-hydrogen) atoms. The van der Waals surface area contributed by atoms with Gasteiger partial charge in [-0.25, -0.2) is 4.79 Å². The number of fused-ring (bicyclic) bond motifs is 1. The van der Waals surface area contributed by atoms with Gasteiger partial charge in [-0.05, 0) is 49.3 Å². The molecule has 2 aromatic rings. The molecule has 2 N–H and O–H groups in total. The Balaban J connectivity index is 1.84. The Morgan fingerprint density at radius 1 is 1.28 bits per heavy atom. The number of rotatable bonds is 2. The molecule has 0 saturated heterocycles. The van der Waals surface area contributed by atoms with Crippen LogP contribution in [0.2, 0.25) is 0 Å². The molecule has 4 nitrogen and oxygen atoms in total. The summed E-state index contributed by atoms with van der Waals surface area (Å²) in [6.07, 6.45) is 3.61. The van der Waals surface area contributed by atoms with Crippen LogP contribution in [-0.2, 0) is 0 Å². The summed E-state index contributed by atoms with van der Waals surface area (Å²) in [6.45, 7) is 0. The minimum atomic E-state index is -0.424. The molecule has 1 fully saturated rings. The largest absolute Gasteiger partial charge is 0.417 e. The predicted octanol–water partition coefficient (Wildman–Crippen LogP) is 2.62. The Kier molecular flexibility index (Phi) is 2.91. The lowest BCUT2D eigenvalue weighted by Crippen LogP contribution is -2.26. The molecule has 3 rings (SSSR count). The van der Waals surface area contributed by atoms with Crippen LogP contribution in [0.5, 0.6) is 0 Å². The Bertz CT molecular complexity index is 596. The summed E-state index contributed by atoms with van der Waals surface area (Å²) >= 11 is 0. The number of aromatic amines is 1. The highest BCUT2D eigenvalue weighted by Crippen LogP contribution is 2.33. The fourth-order valence-corrected chi connectivity index (χ4v) is 2.75. The molecule has 1 saturated carbocycles. The van der Waals surface area contributed by atoms with Gasteiger partial charge in [0.25, 0.3) is 0 Å². The Hall–Kier alpha value is -1.62. The van der Waals surface area contributed by atoms with Crippen molar-refractivity contribution in [3.63, 3.8) is 0 Å². The van der Waals surface area contributed by atoms with Crippen LogP contribution in [0, 0.1) is 0 Å². The van der Waals surface area contributed by atoms with Gasteiger partial charge >= 0.3 is 5.76 Å². The van der Waals surface area contributed by atoms with Crippen LogP contribution in [0.15, 0.2) is 27.4 Å². The monoisotopic (exact) mass is 250 g/mol. The SMILES string of the molecule is O=c1[nH]c2ccc(C3CCC(NF)CC3)cc2o1. The number of halogens is 1. The molecule has 1 aromatic carbocycles. The lowest BCUT2D eigenvalue weighted by Gasteiger charge is -2.27. The molecular formula is C13H15FN2O2. The maximum Gasteiger partial charge on any atom is 0.417 e. The zero-order valence-corrected chi connectivity index (χ0v) is 9.91. The number of hydrogen-bond donors (Lipinski definition) is 2. The molecule has 0 aliphatic heterocycles. The topological polar surface area (TPSA) is 58.0 Å². The number of hydrogen-bond acceptors (Lipinski definition) is 3. The Morgan fingerprint density at radius 2 is 2.06 bits per heavy atom. The van der Waals surface area contributed by atoms with Crippen LogP contribution in [0.3, 0.4) is 0 Å². The van der Waals surface area contributed by atoms with E-state index in [2.05, 4.69) is 4.98 Å². The van der Waals surface area contributed by atoms with Crippen LogP contribution < -0.4 is 11.3 Å². The Labute approximate surface area is 103 Å². The van der Waals surface area contributed by atoms with Crippen LogP contribution in [0.25, 0.3) is 11.1 Å². The van der Waals surface area contributed by atoms with Crippen LogP contribution in [0.1, 0.15) is 37.2 Å². The van der Waals surface area contributed by atoms with E-state index < -0.39 is 5.76 Å². The second-order valence-corrected chi connectivity index (χ2v) is 4.93. The highest BCUT2D eigenvalue weighted by molar-refractivity contribution is 5.72. The standard InChI is InChI=1S/C13H15FN2O2/c14-16-10-4-1-8(2-5-10)9-3-6-11-12(7-9)18-13(17)15-11/h3,6-8,10,16H,1-2,4-5H2,(H,15,17). The van der Waals surface area contributed by atoms with Gasteiger partial charge in [-0.3, -0.25) is 4.98 Å². The smallest absolute Gasteiger partial charge is 0.408 e. The van der Waals surface area contributed by atoms with E-state index in [1.165, 1.54) is 5.56 Å². The number of aromatic nitrogens is 1. The molecule has 0 unspecified atom stereocenters. The summed E-state index contributed by atoms with van der Waals surface area (Å²) in [5, 5.41) is 0. The van der Waals surface area contributed by atoms with E-state index in [4.69, 9.17) is 4.42 Å². The van der Waals surface area contributed by atoms with Crippen molar-refractivity contribution in [2.24, 2.45) is 0 Å². The van der Waals surface area contributed by atoms with E-state index in [-0.39, 0.29) is 6.04 Å². The van der Waals surface area contributed by atoms with E-state index in [9.17, 15) is 9.28 Å². The third kappa shape index (κ3) is 2.06. The van der Waals surface area contributed by atoms with Crippen LogP contribution >= 0.6 is 0 Å². The maximum absolute atomic E-state index is 12.3. The fraction of sp³-hybridized carbons (Fsp3) is 0.462. The van der Waals surface area contributed by atoms with Gasteiger partial charge in [0.2, 0.25) is 0 Å². The summed E-state index contributed by atoms with van der Waals surface area (Å²) in [5.74, 6) is 0.00619. The van der Waals surface area contributed by atoms with Crippen molar-refractivity contribution in [1.82, 2.24) is 10.5 Å². The molecule has 1 aliphatic carbocycles. The number of benzene rings is 1. The first-order valence-corrected chi connectivity index (χ1v) is 6.25. The molecule has 0 atom stereocenters. The molecular weight excluding hydrogens is 235 g/mol. The second kappa shape index (κ2) is 4.57. The van der Waals surface area contributed by atoms with Crippen LogP contribution in [-0.4, -0.2) is 11.0 Å². The lowest BCUT2D eigenvalue weighted by atomic mass is 9.82. The molecule has 0 amide bonds. The van der Waals surface area contributed by atoms with Gasteiger partial charge < -0.3 is 4.42 Å². The minimum Gasteiger partial charge on any atom is -0.408 e. The van der Waals surface area contributed by atoms with Crippen molar-refractivity contribution in [3.8, 4) is 0 Å². The fourth-order valence-electron chi connectivity index (χ4n) is 2.75. The summed E-state index contributed by atoms with van der Waals surface area (Å²) in [7, 11) is 0. The van der Waals surface area contributed by atoms with Gasteiger partial charge in [0.15, 0.2) is 5.58 Å². The van der Waals surface area contributed by atoms with E-state index in [0.29, 0.717) is 11.5 Å². The minimum absolute atomic E-state index is 0.00447. The van der Waals surface area contributed by atoms with E-state index in [1.54, 1.807) is 0 Å². The zero-order chi connectivity index (χ0) is 12.5. The van der Waals surface area contributed by atoms with Crippen molar-refractivity contribution in [1.29, 1.82) is 0 Å². The van der Waals surface area contributed by atoms with E-state index >= 15 is 0 Å². The summed E-state index contributed by atoms with van der Waals surface area (Å²) in [4.78, 5) is 13.7. The van der Waals surface area contributed by atoms with Crippen molar-refractivity contribution < 1.29 is 8.90 Å². The first kappa shape index (κ1) is 11.5. The molecule has 1 aliphatic rings. The molecule has 0 bridgehead atoms. The average Bonchev–Trinajstić information content (AvgIpc) is 2.78. The van der Waals surface area contributed by atoms with Crippen molar-refractivity contribution in [3.05, 3.63) is 34.3 Å². The van der Waals surface area contributed by atoms with E-state index in [1.807, 2.05) is 23.7 Å². The highest BCUT2D eigenvalue weighted by Gasteiger charge is 2.22. The van der Waals surface area contributed by atoms with Gasteiger partial charge in [0.1, 0.15) is 0 Å². The van der Waals surface area contributed by atoms with Crippen LogP contribution in [0.4, 0.5) is 4.48 Å². The first-order chi connectivity index (χ1) is 8.76. The second-order valence-electron chi connectivity index (χ2n) is 4.93. The highest BCUT2D eigenvalue weighted by atomic mass is 19.2. The van der Waals surface area contributed by atoms with Gasteiger partial charge in [-0.15, -0.1) is 4.48 Å². The third-order valence-corrected chi connectivity index (χ3v) is 3.80. The van der Waals surface area contributed by atoms with Crippen molar-refractivity contribution in [2.75, 3.05) is 0 Å². The average molecular weight is 250 g/mol. The predicted molar refractivity (Wildman–Crippen MR) is 66.1 cm³/mol. The normalized spacial score (nSPS) is 24.5. The van der Waals surface area contributed by atoms with Gasteiger partial charge in [0.05, 0.1) is 5.52 Å². The zero-order valence-electron chi connectivity index (χ0n) is 9.91. The Morgan fingerprint density at radius 3 is 2.78 bits per heavy atom. The quantitative estimate of drug-likeness (QED) is 0.805. The van der Waals surface area contributed by atoms with Gasteiger partial charge in [-0.2, -0.15) is 5.54 Å². The molecule has 0 radical (unpaired) electrons. The third-order valence-electron chi connectivity index (χ3n) is 3.80. The first-order valence-electron chi connectivity index (χ1n) is 6.25. The molecule has 1 heterocycles. The maximum atomic E-state index is 12.3. The molecule has 1 aromatic heterocycles. The van der Waals surface area contributed by atoms with Crippen molar-refractivity contribution >= 4 is 11.1 Å². The summed E-state index contributed by atoms with van der Waals surface area (Å²) in [5.41, 5.74) is 4.34. The van der Waals surface area contributed by atoms with E-state index in [0.717, 1.165) is 31.2 Å². The van der Waals surface area contributed by atoms with Gasteiger partial charge in [0, 0.05) is 6.04 Å². The molecule has 96 valence electrons. The summed E-state index contributed by atoms with van der Waals surface area (Å²) < 4.78 is 17.4.